The van der Waals surface area contributed by atoms with Gasteiger partial charge in [0.05, 0.1) is 7.11 Å². The number of hydrogen-bond donors (Lipinski definition) is 1. The molecule has 0 aliphatic carbocycles. The molecule has 0 unspecified atom stereocenters. The zero-order valence-corrected chi connectivity index (χ0v) is 17.6. The van der Waals surface area contributed by atoms with Crippen molar-refractivity contribution in [2.45, 2.75) is 6.61 Å². The van der Waals surface area contributed by atoms with Crippen molar-refractivity contribution in [1.29, 1.82) is 0 Å². The standard InChI is InChI=1S/C17H16O4.Rb/c1-20-16(17(18)19)11-13-7-9-15(10-8-13)21-12-14-5-3-2-4-6-14;/h2-11H,12H2,1H3,(H,18,19);. The van der Waals surface area contributed by atoms with Gasteiger partial charge in [0.2, 0.25) is 5.76 Å². The minimum Gasteiger partial charge on any atom is -0.490 e. The smallest absolute Gasteiger partial charge is 0.371 e. The van der Waals surface area contributed by atoms with E-state index in [4.69, 9.17) is 14.6 Å². The van der Waals surface area contributed by atoms with Crippen LogP contribution in [0.1, 0.15) is 11.1 Å². The van der Waals surface area contributed by atoms with Gasteiger partial charge in [-0.25, -0.2) is 4.79 Å². The van der Waals surface area contributed by atoms with Gasteiger partial charge in [0, 0.05) is 58.2 Å². The molecular formula is C17H16O4Rb. The first-order valence-corrected chi connectivity index (χ1v) is 6.45. The number of benzene rings is 2. The van der Waals surface area contributed by atoms with E-state index in [9.17, 15) is 4.79 Å². The third-order valence-electron chi connectivity index (χ3n) is 2.86. The largest absolute Gasteiger partial charge is 0.490 e. The van der Waals surface area contributed by atoms with Crippen LogP contribution in [0.25, 0.3) is 6.08 Å². The zero-order chi connectivity index (χ0) is 15.1. The number of rotatable bonds is 6. The maximum absolute atomic E-state index is 10.8. The van der Waals surface area contributed by atoms with Crippen LogP contribution in [0.5, 0.6) is 5.75 Å². The summed E-state index contributed by atoms with van der Waals surface area (Å²) in [5.74, 6) is -0.472. The Bertz CT molecular complexity index is 621. The Morgan fingerprint density at radius 3 is 2.27 bits per heavy atom. The van der Waals surface area contributed by atoms with Crippen LogP contribution in [0.3, 0.4) is 0 Å². The number of aliphatic carboxylic acids is 1. The second-order valence-corrected chi connectivity index (χ2v) is 4.36. The Labute approximate surface area is 178 Å². The van der Waals surface area contributed by atoms with Crippen molar-refractivity contribution in [2.75, 3.05) is 7.11 Å². The molecule has 4 nitrogen and oxygen atoms in total. The second kappa shape index (κ2) is 9.95. The molecule has 0 saturated heterocycles. The molecule has 22 heavy (non-hydrogen) atoms. The fraction of sp³-hybridized carbons (Fsp3) is 0.118. The Balaban J connectivity index is 0.00000242. The van der Waals surface area contributed by atoms with Crippen LogP contribution in [0.15, 0.2) is 60.4 Å². The van der Waals surface area contributed by atoms with E-state index in [0.717, 1.165) is 16.9 Å². The number of carboxylic acid groups (broad SMARTS) is 1. The monoisotopic (exact) mass is 369 g/mol. The number of carbonyl (C=O) groups is 1. The van der Waals surface area contributed by atoms with Gasteiger partial charge in [-0.3, -0.25) is 0 Å². The van der Waals surface area contributed by atoms with Crippen LogP contribution in [0.2, 0.25) is 0 Å². The average molecular weight is 370 g/mol. The summed E-state index contributed by atoms with van der Waals surface area (Å²) in [6.07, 6.45) is 1.46. The van der Waals surface area contributed by atoms with Crippen molar-refractivity contribution in [2.24, 2.45) is 0 Å². The summed E-state index contributed by atoms with van der Waals surface area (Å²) in [7, 11) is 1.33. The molecule has 2 rings (SSSR count). The normalized spacial score (nSPS) is 10.5. The van der Waals surface area contributed by atoms with E-state index >= 15 is 0 Å². The third-order valence-corrected chi connectivity index (χ3v) is 2.86. The average Bonchev–Trinajstić information content (AvgIpc) is 2.52. The summed E-state index contributed by atoms with van der Waals surface area (Å²) in [6, 6.07) is 17.0. The van der Waals surface area contributed by atoms with Gasteiger partial charge in [0.1, 0.15) is 12.4 Å². The Kier molecular flexibility index (Phi) is 8.64. The first-order chi connectivity index (χ1) is 10.2. The topological polar surface area (TPSA) is 55.8 Å². The van der Waals surface area contributed by atoms with E-state index in [1.165, 1.54) is 13.2 Å². The molecule has 2 aromatic rings. The van der Waals surface area contributed by atoms with Crippen molar-refractivity contribution in [1.82, 2.24) is 0 Å². The number of methoxy groups -OCH3 is 1. The minimum atomic E-state index is -1.10. The van der Waals surface area contributed by atoms with Crippen LogP contribution < -0.4 is 4.74 Å². The van der Waals surface area contributed by atoms with Gasteiger partial charge in [-0.15, -0.1) is 0 Å². The Morgan fingerprint density at radius 1 is 1.09 bits per heavy atom. The summed E-state index contributed by atoms with van der Waals surface area (Å²) in [5, 5.41) is 8.88. The van der Waals surface area contributed by atoms with E-state index in [0.29, 0.717) is 6.61 Å². The summed E-state index contributed by atoms with van der Waals surface area (Å²) >= 11 is 0. The maximum Gasteiger partial charge on any atom is 0.371 e. The predicted molar refractivity (Wildman–Crippen MR) is 85.6 cm³/mol. The molecule has 0 aliphatic rings. The van der Waals surface area contributed by atoms with Crippen molar-refractivity contribution in [3.63, 3.8) is 0 Å². The summed E-state index contributed by atoms with van der Waals surface area (Å²) in [6.45, 7) is 0.495. The minimum absolute atomic E-state index is 0. The molecule has 0 aliphatic heterocycles. The van der Waals surface area contributed by atoms with Gasteiger partial charge >= 0.3 is 5.97 Å². The number of carboxylic acids is 1. The van der Waals surface area contributed by atoms with E-state index in [-0.39, 0.29) is 63.9 Å². The van der Waals surface area contributed by atoms with Crippen LogP contribution >= 0.6 is 0 Å². The summed E-state index contributed by atoms with van der Waals surface area (Å²) in [5.41, 5.74) is 1.83. The molecule has 109 valence electrons. The van der Waals surface area contributed by atoms with Gasteiger partial charge in [-0.2, -0.15) is 0 Å². The fourth-order valence-electron chi connectivity index (χ4n) is 1.76. The van der Waals surface area contributed by atoms with Crippen molar-refractivity contribution < 1.29 is 19.4 Å². The van der Waals surface area contributed by atoms with Crippen LogP contribution in [0.4, 0.5) is 0 Å². The third kappa shape index (κ3) is 6.05. The molecule has 0 aromatic heterocycles. The molecular weight excluding hydrogens is 354 g/mol. The molecule has 0 atom stereocenters. The number of hydrogen-bond acceptors (Lipinski definition) is 3. The second-order valence-electron chi connectivity index (χ2n) is 4.36. The molecule has 0 spiro atoms. The van der Waals surface area contributed by atoms with Crippen LogP contribution in [-0.4, -0.2) is 76.4 Å². The van der Waals surface area contributed by atoms with Crippen LogP contribution in [-0.2, 0) is 16.1 Å². The molecule has 1 N–H and O–H groups in total. The first kappa shape index (κ1) is 19.1. The Hall–Kier alpha value is -0.945. The van der Waals surface area contributed by atoms with Crippen molar-refractivity contribution >= 4 is 70.2 Å². The quantitative estimate of drug-likeness (QED) is 0.628. The molecule has 0 bridgehead atoms. The molecule has 1 radical (unpaired) electrons. The molecule has 2 aromatic carbocycles. The van der Waals surface area contributed by atoms with E-state index in [1.807, 2.05) is 30.3 Å². The molecule has 0 saturated carbocycles. The zero-order valence-electron chi connectivity index (χ0n) is 12.7. The van der Waals surface area contributed by atoms with Crippen LogP contribution in [0, 0.1) is 0 Å². The van der Waals surface area contributed by atoms with Gasteiger partial charge in [-0.1, -0.05) is 42.5 Å². The molecule has 0 amide bonds. The molecule has 5 heteroatoms. The summed E-state index contributed by atoms with van der Waals surface area (Å²) < 4.78 is 10.4. The SMILES string of the molecule is COC(=Cc1ccc(OCc2ccccc2)cc1)C(=O)O.[Rb]. The first-order valence-electron chi connectivity index (χ1n) is 6.45. The van der Waals surface area contributed by atoms with Gasteiger partial charge < -0.3 is 14.6 Å². The summed E-state index contributed by atoms with van der Waals surface area (Å²) in [4.78, 5) is 10.8. The van der Waals surface area contributed by atoms with Gasteiger partial charge in [-0.05, 0) is 29.3 Å². The molecule has 0 fully saturated rings. The Morgan fingerprint density at radius 2 is 1.73 bits per heavy atom. The van der Waals surface area contributed by atoms with E-state index in [2.05, 4.69) is 0 Å². The number of ether oxygens (including phenoxy) is 2. The molecule has 0 heterocycles. The van der Waals surface area contributed by atoms with Gasteiger partial charge in [0.15, 0.2) is 0 Å². The van der Waals surface area contributed by atoms with E-state index < -0.39 is 5.97 Å². The predicted octanol–water partition coefficient (Wildman–Crippen LogP) is 2.96. The van der Waals surface area contributed by atoms with Crippen molar-refractivity contribution in [3.8, 4) is 5.75 Å². The van der Waals surface area contributed by atoms with Crippen molar-refractivity contribution in [3.05, 3.63) is 71.5 Å². The van der Waals surface area contributed by atoms with E-state index in [1.54, 1.807) is 24.3 Å². The maximum atomic E-state index is 10.8. The van der Waals surface area contributed by atoms with Gasteiger partial charge in [0.25, 0.3) is 0 Å². The fourth-order valence-corrected chi connectivity index (χ4v) is 1.76.